The molecule has 0 heterocycles. The van der Waals surface area contributed by atoms with E-state index in [1.165, 1.54) is 20.9 Å². The molecule has 0 fully saturated rings. The first-order valence-corrected chi connectivity index (χ1v) is 7.12. The van der Waals surface area contributed by atoms with Crippen LogP contribution in [0.5, 0.6) is 0 Å². The number of carbonyl (C=O) groups is 1. The van der Waals surface area contributed by atoms with E-state index in [2.05, 4.69) is 0 Å². The zero-order valence-corrected chi connectivity index (χ0v) is 12.3. The summed E-state index contributed by atoms with van der Waals surface area (Å²) in [7, 11) is -2.23. The first-order valence-electron chi connectivity index (χ1n) is 5.51. The lowest BCUT2D eigenvalue weighted by Gasteiger charge is -2.31. The summed E-state index contributed by atoms with van der Waals surface area (Å²) < 4.78 is 24.9. The van der Waals surface area contributed by atoms with Crippen molar-refractivity contribution in [3.8, 4) is 0 Å². The molecule has 102 valence electrons. The van der Waals surface area contributed by atoms with Crippen molar-refractivity contribution in [2.24, 2.45) is 5.41 Å². The van der Waals surface area contributed by atoms with E-state index < -0.39 is 21.5 Å². The topological polar surface area (TPSA) is 74.7 Å². The van der Waals surface area contributed by atoms with Crippen LogP contribution in [0.4, 0.5) is 0 Å². The van der Waals surface area contributed by atoms with Gasteiger partial charge in [0.05, 0.1) is 5.75 Å². The Kier molecular flexibility index (Phi) is 4.76. The van der Waals surface area contributed by atoms with Crippen molar-refractivity contribution in [3.05, 3.63) is 0 Å². The van der Waals surface area contributed by atoms with Crippen LogP contribution in [0.15, 0.2) is 0 Å². The highest BCUT2D eigenvalue weighted by atomic mass is 32.2. The van der Waals surface area contributed by atoms with E-state index in [1.54, 1.807) is 0 Å². The van der Waals surface area contributed by atoms with E-state index in [1.807, 2.05) is 20.8 Å². The predicted octanol–water partition coefficient (Wildman–Crippen LogP) is 1.55. The van der Waals surface area contributed by atoms with Gasteiger partial charge in [0.2, 0.25) is 10.0 Å². The number of aliphatic carboxylic acids is 1. The van der Waals surface area contributed by atoms with Crippen molar-refractivity contribution < 1.29 is 18.3 Å². The molecule has 0 saturated heterocycles. The molecular formula is C11H23NO4S. The molecule has 0 aromatic rings. The minimum Gasteiger partial charge on any atom is -0.480 e. The Balaban J connectivity index is 4.91. The molecule has 0 aromatic carbocycles. The molecule has 0 aliphatic carbocycles. The Morgan fingerprint density at radius 3 is 1.88 bits per heavy atom. The van der Waals surface area contributed by atoms with Crippen LogP contribution < -0.4 is 0 Å². The number of carboxylic acids is 1. The summed E-state index contributed by atoms with van der Waals surface area (Å²) >= 11 is 0. The van der Waals surface area contributed by atoms with Crippen molar-refractivity contribution in [2.45, 2.75) is 46.6 Å². The minimum atomic E-state index is -3.54. The largest absolute Gasteiger partial charge is 0.480 e. The van der Waals surface area contributed by atoms with Crippen LogP contribution >= 0.6 is 0 Å². The van der Waals surface area contributed by atoms with Gasteiger partial charge in [-0.1, -0.05) is 20.8 Å². The van der Waals surface area contributed by atoms with Crippen LogP contribution in [0.1, 0.15) is 41.0 Å². The van der Waals surface area contributed by atoms with Crippen molar-refractivity contribution in [1.82, 2.24) is 4.31 Å². The molecule has 0 aliphatic rings. The smallest absolute Gasteiger partial charge is 0.324 e. The molecule has 1 N–H and O–H groups in total. The average molecular weight is 265 g/mol. The second kappa shape index (κ2) is 4.94. The summed E-state index contributed by atoms with van der Waals surface area (Å²) in [6, 6.07) is 0. The van der Waals surface area contributed by atoms with Gasteiger partial charge in [-0.05, 0) is 25.7 Å². The highest BCUT2D eigenvalue weighted by Gasteiger charge is 2.39. The second-order valence-corrected chi connectivity index (χ2v) is 8.08. The van der Waals surface area contributed by atoms with Crippen LogP contribution in [0.25, 0.3) is 0 Å². The summed E-state index contributed by atoms with van der Waals surface area (Å²) in [4.78, 5) is 11.0. The van der Waals surface area contributed by atoms with E-state index in [4.69, 9.17) is 5.11 Å². The Bertz CT molecular complexity index is 379. The fraction of sp³-hybridized carbons (Fsp3) is 0.909. The number of nitrogens with zero attached hydrogens (tertiary/aromatic N) is 1. The SMILES string of the molecule is CN(C(C)(C)C(=O)O)S(=O)(=O)CCC(C)(C)C. The lowest BCUT2D eigenvalue weighted by atomic mass is 9.94. The highest BCUT2D eigenvalue weighted by molar-refractivity contribution is 7.89. The third-order valence-electron chi connectivity index (χ3n) is 2.84. The normalized spacial score (nSPS) is 14.1. The van der Waals surface area contributed by atoms with Crippen LogP contribution in [0.2, 0.25) is 0 Å². The van der Waals surface area contributed by atoms with Gasteiger partial charge in [-0.2, -0.15) is 4.31 Å². The average Bonchev–Trinajstić information content (AvgIpc) is 2.12. The standard InChI is InChI=1S/C11H23NO4S/c1-10(2,3)7-8-17(15,16)12(6)11(4,5)9(13)14/h7-8H2,1-6H3,(H,13,14). The second-order valence-electron chi connectivity index (χ2n) is 5.96. The highest BCUT2D eigenvalue weighted by Crippen LogP contribution is 2.23. The van der Waals surface area contributed by atoms with Crippen molar-refractivity contribution in [3.63, 3.8) is 0 Å². The summed E-state index contributed by atoms with van der Waals surface area (Å²) in [5.74, 6) is -1.19. The third kappa shape index (κ3) is 4.63. The zero-order valence-electron chi connectivity index (χ0n) is 11.4. The van der Waals surface area contributed by atoms with Crippen LogP contribution in [-0.2, 0) is 14.8 Å². The minimum absolute atomic E-state index is 0.0380. The number of carboxylic acid groups (broad SMARTS) is 1. The number of hydrogen-bond donors (Lipinski definition) is 1. The summed E-state index contributed by atoms with van der Waals surface area (Å²) in [5.41, 5.74) is -1.52. The maximum absolute atomic E-state index is 12.0. The van der Waals surface area contributed by atoms with Gasteiger partial charge in [0.15, 0.2) is 0 Å². The molecule has 0 rings (SSSR count). The van der Waals surface area contributed by atoms with Gasteiger partial charge in [-0.15, -0.1) is 0 Å². The molecule has 0 unspecified atom stereocenters. The number of likely N-dealkylation sites (N-methyl/N-ethyl adjacent to an activating group) is 1. The van der Waals surface area contributed by atoms with E-state index in [0.717, 1.165) is 4.31 Å². The number of sulfonamides is 1. The van der Waals surface area contributed by atoms with Gasteiger partial charge in [0.25, 0.3) is 0 Å². The molecule has 0 radical (unpaired) electrons. The molecule has 17 heavy (non-hydrogen) atoms. The Labute approximate surface area is 104 Å². The summed E-state index contributed by atoms with van der Waals surface area (Å²) in [5, 5.41) is 9.00. The predicted molar refractivity (Wildman–Crippen MR) is 67.3 cm³/mol. The van der Waals surface area contributed by atoms with Crippen molar-refractivity contribution >= 4 is 16.0 Å². The third-order valence-corrected chi connectivity index (χ3v) is 4.85. The zero-order chi connectivity index (χ0) is 14.1. The quantitative estimate of drug-likeness (QED) is 0.818. The number of rotatable bonds is 5. The molecule has 6 heteroatoms. The molecule has 0 spiro atoms. The molecular weight excluding hydrogens is 242 g/mol. The lowest BCUT2D eigenvalue weighted by molar-refractivity contribution is -0.145. The van der Waals surface area contributed by atoms with Crippen LogP contribution in [0.3, 0.4) is 0 Å². The maximum Gasteiger partial charge on any atom is 0.324 e. The lowest BCUT2D eigenvalue weighted by Crippen LogP contribution is -2.51. The van der Waals surface area contributed by atoms with Crippen molar-refractivity contribution in [1.29, 1.82) is 0 Å². The Morgan fingerprint density at radius 1 is 1.18 bits per heavy atom. The van der Waals surface area contributed by atoms with Gasteiger partial charge in [-0.3, -0.25) is 4.79 Å². The van der Waals surface area contributed by atoms with Gasteiger partial charge < -0.3 is 5.11 Å². The fourth-order valence-corrected chi connectivity index (χ4v) is 2.97. The monoisotopic (exact) mass is 265 g/mol. The van der Waals surface area contributed by atoms with Gasteiger partial charge >= 0.3 is 5.97 Å². The van der Waals surface area contributed by atoms with Crippen LogP contribution in [-0.4, -0.2) is 42.1 Å². The molecule has 0 aliphatic heterocycles. The Morgan fingerprint density at radius 2 is 1.59 bits per heavy atom. The summed E-state index contributed by atoms with van der Waals surface area (Å²) in [6.45, 7) is 8.61. The van der Waals surface area contributed by atoms with Gasteiger partial charge in [0, 0.05) is 7.05 Å². The first-order chi connectivity index (χ1) is 7.31. The fourth-order valence-electron chi connectivity index (χ4n) is 1.05. The summed E-state index contributed by atoms with van der Waals surface area (Å²) in [6.07, 6.45) is 0.495. The van der Waals surface area contributed by atoms with Crippen molar-refractivity contribution in [2.75, 3.05) is 12.8 Å². The van der Waals surface area contributed by atoms with E-state index >= 15 is 0 Å². The van der Waals surface area contributed by atoms with E-state index in [0.29, 0.717) is 6.42 Å². The van der Waals surface area contributed by atoms with Gasteiger partial charge in [0.1, 0.15) is 5.54 Å². The molecule has 0 aromatic heterocycles. The maximum atomic E-state index is 12.0. The Hall–Kier alpha value is -0.620. The molecule has 0 atom stereocenters. The van der Waals surface area contributed by atoms with E-state index in [9.17, 15) is 13.2 Å². The molecule has 0 bridgehead atoms. The van der Waals surface area contributed by atoms with Gasteiger partial charge in [-0.25, -0.2) is 8.42 Å². The van der Waals surface area contributed by atoms with Crippen LogP contribution in [0, 0.1) is 5.41 Å². The number of hydrogen-bond acceptors (Lipinski definition) is 3. The van der Waals surface area contributed by atoms with E-state index in [-0.39, 0.29) is 11.2 Å². The molecule has 0 saturated carbocycles. The molecule has 5 nitrogen and oxygen atoms in total. The first kappa shape index (κ1) is 16.4. The molecule has 0 amide bonds.